The first kappa shape index (κ1) is 12.9. The summed E-state index contributed by atoms with van der Waals surface area (Å²) in [5.74, 6) is -0.509. The summed E-state index contributed by atoms with van der Waals surface area (Å²) in [5.41, 5.74) is 0.122. The second-order valence-electron chi connectivity index (χ2n) is 4.02. The Balaban J connectivity index is 1.80. The van der Waals surface area contributed by atoms with Crippen LogP contribution >= 0.6 is 0 Å². The lowest BCUT2D eigenvalue weighted by molar-refractivity contribution is -0.0167. The fraction of sp³-hybridized carbons (Fsp3) is 0.667. The van der Waals surface area contributed by atoms with Crippen LogP contribution in [-0.4, -0.2) is 36.9 Å². The Morgan fingerprint density at radius 2 is 2.44 bits per heavy atom. The summed E-state index contributed by atoms with van der Waals surface area (Å²) in [7, 11) is 0. The molecule has 0 N–H and O–H groups in total. The van der Waals surface area contributed by atoms with E-state index in [2.05, 4.69) is 4.98 Å². The number of hydrogen-bond acceptors (Lipinski definition) is 6. The summed E-state index contributed by atoms with van der Waals surface area (Å²) in [5, 5.41) is 0. The molecule has 1 aliphatic rings. The normalized spacial score (nSPS) is 19.5. The smallest absolute Gasteiger partial charge is 0.394 e. The molecule has 0 amide bonds. The first-order valence-corrected chi connectivity index (χ1v) is 6.16. The number of carbonyl (C=O) groups excluding carboxylic acids is 1. The van der Waals surface area contributed by atoms with Crippen LogP contribution in [0.1, 0.15) is 36.7 Å². The molecule has 1 aromatic rings. The molecule has 0 bridgehead atoms. The second kappa shape index (κ2) is 6.39. The van der Waals surface area contributed by atoms with Gasteiger partial charge in [0.25, 0.3) is 0 Å². The predicted octanol–water partition coefficient (Wildman–Crippen LogP) is 1.80. The van der Waals surface area contributed by atoms with E-state index in [4.69, 9.17) is 18.6 Å². The minimum Gasteiger partial charge on any atom is -0.461 e. The lowest BCUT2D eigenvalue weighted by Gasteiger charge is -2.21. The minimum absolute atomic E-state index is 0.0761. The summed E-state index contributed by atoms with van der Waals surface area (Å²) < 4.78 is 20.7. The van der Waals surface area contributed by atoms with E-state index in [-0.39, 0.29) is 17.9 Å². The maximum Gasteiger partial charge on any atom is 0.394 e. The number of ether oxygens (including phenoxy) is 3. The lowest BCUT2D eigenvalue weighted by atomic mass is 10.1. The predicted molar refractivity (Wildman–Crippen MR) is 61.5 cm³/mol. The van der Waals surface area contributed by atoms with Crippen molar-refractivity contribution in [1.82, 2.24) is 4.98 Å². The van der Waals surface area contributed by atoms with Gasteiger partial charge in [-0.1, -0.05) is 0 Å². The van der Waals surface area contributed by atoms with Crippen molar-refractivity contribution in [2.24, 2.45) is 0 Å². The molecule has 0 aromatic carbocycles. The Morgan fingerprint density at radius 1 is 1.56 bits per heavy atom. The summed E-state index contributed by atoms with van der Waals surface area (Å²) in [6.45, 7) is 3.20. The molecular weight excluding hydrogens is 238 g/mol. The van der Waals surface area contributed by atoms with E-state index in [9.17, 15) is 4.79 Å². The fourth-order valence-electron chi connectivity index (χ4n) is 1.73. The molecular formula is C12H17NO5. The molecule has 6 heteroatoms. The van der Waals surface area contributed by atoms with Gasteiger partial charge >= 0.3 is 12.0 Å². The Morgan fingerprint density at radius 3 is 3.17 bits per heavy atom. The van der Waals surface area contributed by atoms with Crippen molar-refractivity contribution in [3.8, 4) is 6.08 Å². The molecule has 1 aromatic heterocycles. The van der Waals surface area contributed by atoms with E-state index in [1.165, 1.54) is 6.26 Å². The van der Waals surface area contributed by atoms with E-state index in [1.807, 2.05) is 0 Å². The molecule has 2 heterocycles. The van der Waals surface area contributed by atoms with Gasteiger partial charge in [0.2, 0.25) is 0 Å². The number of hydrogen-bond donors (Lipinski definition) is 0. The summed E-state index contributed by atoms with van der Waals surface area (Å²) >= 11 is 0. The average Bonchev–Trinajstić information content (AvgIpc) is 2.87. The molecule has 2 rings (SSSR count). The summed E-state index contributed by atoms with van der Waals surface area (Å²) in [4.78, 5) is 15.2. The highest BCUT2D eigenvalue weighted by atomic mass is 16.6. The number of nitrogens with zero attached hydrogens (tertiary/aromatic N) is 1. The lowest BCUT2D eigenvalue weighted by Crippen LogP contribution is -2.25. The first-order chi connectivity index (χ1) is 8.79. The zero-order valence-electron chi connectivity index (χ0n) is 10.4. The molecule has 1 fully saturated rings. The van der Waals surface area contributed by atoms with Crippen molar-refractivity contribution in [2.75, 3.05) is 19.8 Å². The highest BCUT2D eigenvalue weighted by molar-refractivity contribution is 5.86. The van der Waals surface area contributed by atoms with E-state index < -0.39 is 5.97 Å². The third-order valence-electron chi connectivity index (χ3n) is 2.63. The van der Waals surface area contributed by atoms with Gasteiger partial charge in [-0.3, -0.25) is 0 Å². The standard InChI is InChI=1S/C12H17NO5/c1-2-15-11(14)10-8-18-12(13-10)17-7-9-5-3-4-6-16-9/h8-9H,2-7H2,1H3. The Bertz CT molecular complexity index is 384. The monoisotopic (exact) mass is 255 g/mol. The van der Waals surface area contributed by atoms with Crippen LogP contribution in [0.5, 0.6) is 6.08 Å². The maximum absolute atomic E-state index is 11.3. The van der Waals surface area contributed by atoms with Crippen molar-refractivity contribution in [1.29, 1.82) is 0 Å². The topological polar surface area (TPSA) is 70.8 Å². The van der Waals surface area contributed by atoms with Crippen LogP contribution in [0.2, 0.25) is 0 Å². The molecule has 100 valence electrons. The Kier molecular flexibility index (Phi) is 4.58. The molecule has 6 nitrogen and oxygen atoms in total. The Labute approximate surface area is 105 Å². The van der Waals surface area contributed by atoms with Crippen LogP contribution in [0.3, 0.4) is 0 Å². The quantitative estimate of drug-likeness (QED) is 0.747. The van der Waals surface area contributed by atoms with E-state index in [0.717, 1.165) is 25.9 Å². The molecule has 1 aliphatic heterocycles. The highest BCUT2D eigenvalue weighted by Gasteiger charge is 2.17. The molecule has 1 saturated heterocycles. The van der Waals surface area contributed by atoms with E-state index in [1.54, 1.807) is 6.92 Å². The van der Waals surface area contributed by atoms with Crippen LogP contribution in [0.15, 0.2) is 10.7 Å². The molecule has 1 unspecified atom stereocenters. The number of esters is 1. The average molecular weight is 255 g/mol. The van der Waals surface area contributed by atoms with Gasteiger partial charge in [-0.2, -0.15) is 4.98 Å². The number of oxazole rings is 1. The number of aromatic nitrogens is 1. The molecule has 0 saturated carbocycles. The van der Waals surface area contributed by atoms with Gasteiger partial charge in [-0.25, -0.2) is 4.79 Å². The van der Waals surface area contributed by atoms with Crippen LogP contribution in [0.25, 0.3) is 0 Å². The van der Waals surface area contributed by atoms with Gasteiger partial charge in [0.05, 0.1) is 12.7 Å². The van der Waals surface area contributed by atoms with Gasteiger partial charge in [0.15, 0.2) is 5.69 Å². The second-order valence-corrected chi connectivity index (χ2v) is 4.02. The van der Waals surface area contributed by atoms with Crippen molar-refractivity contribution in [2.45, 2.75) is 32.3 Å². The molecule has 0 spiro atoms. The number of carbonyl (C=O) groups is 1. The van der Waals surface area contributed by atoms with Gasteiger partial charge in [-0.05, 0) is 26.2 Å². The highest BCUT2D eigenvalue weighted by Crippen LogP contribution is 2.16. The largest absolute Gasteiger partial charge is 0.461 e. The van der Waals surface area contributed by atoms with Crippen molar-refractivity contribution in [3.05, 3.63) is 12.0 Å². The van der Waals surface area contributed by atoms with Gasteiger partial charge in [0.1, 0.15) is 12.9 Å². The summed E-state index contributed by atoms with van der Waals surface area (Å²) in [6, 6.07) is 0. The van der Waals surface area contributed by atoms with Crippen LogP contribution in [0, 0.1) is 0 Å². The minimum atomic E-state index is -0.509. The third-order valence-corrected chi connectivity index (χ3v) is 2.63. The molecule has 1 atom stereocenters. The number of rotatable bonds is 5. The molecule has 0 radical (unpaired) electrons. The Hall–Kier alpha value is -1.56. The molecule has 18 heavy (non-hydrogen) atoms. The van der Waals surface area contributed by atoms with Gasteiger partial charge < -0.3 is 18.6 Å². The van der Waals surface area contributed by atoms with E-state index >= 15 is 0 Å². The zero-order chi connectivity index (χ0) is 12.8. The third kappa shape index (κ3) is 3.46. The fourth-order valence-corrected chi connectivity index (χ4v) is 1.73. The van der Waals surface area contributed by atoms with Crippen molar-refractivity contribution in [3.63, 3.8) is 0 Å². The zero-order valence-corrected chi connectivity index (χ0v) is 10.4. The van der Waals surface area contributed by atoms with Crippen molar-refractivity contribution < 1.29 is 23.4 Å². The SMILES string of the molecule is CCOC(=O)c1coc(OCC2CCCCO2)n1. The first-order valence-electron chi connectivity index (χ1n) is 6.16. The molecule has 0 aliphatic carbocycles. The van der Waals surface area contributed by atoms with E-state index in [0.29, 0.717) is 13.2 Å². The van der Waals surface area contributed by atoms with Crippen LogP contribution < -0.4 is 4.74 Å². The maximum atomic E-state index is 11.3. The van der Waals surface area contributed by atoms with Gasteiger partial charge in [0, 0.05) is 6.61 Å². The van der Waals surface area contributed by atoms with Crippen LogP contribution in [-0.2, 0) is 9.47 Å². The van der Waals surface area contributed by atoms with Crippen LogP contribution in [0.4, 0.5) is 0 Å². The van der Waals surface area contributed by atoms with Gasteiger partial charge in [-0.15, -0.1) is 0 Å². The summed E-state index contributed by atoms with van der Waals surface area (Å²) in [6.07, 6.45) is 4.61. The van der Waals surface area contributed by atoms with Crippen molar-refractivity contribution >= 4 is 5.97 Å².